The third-order valence-corrected chi connectivity index (χ3v) is 2.61. The molecule has 1 aromatic heterocycles. The van der Waals surface area contributed by atoms with Gasteiger partial charge in [-0.2, -0.15) is 8.78 Å². The van der Waals surface area contributed by atoms with Crippen LogP contribution in [-0.2, 0) is 6.42 Å². The van der Waals surface area contributed by atoms with Crippen LogP contribution in [0.3, 0.4) is 0 Å². The Morgan fingerprint density at radius 1 is 1.44 bits per heavy atom. The van der Waals surface area contributed by atoms with Crippen molar-refractivity contribution in [3.63, 3.8) is 0 Å². The van der Waals surface area contributed by atoms with E-state index in [0.717, 1.165) is 12.1 Å². The number of aryl methyl sites for hydroxylation is 1. The van der Waals surface area contributed by atoms with E-state index >= 15 is 0 Å². The molecule has 1 aromatic carbocycles. The summed E-state index contributed by atoms with van der Waals surface area (Å²) in [6, 6.07) is 4.51. The lowest BCUT2D eigenvalue weighted by molar-refractivity contribution is -0.0497. The van der Waals surface area contributed by atoms with Crippen molar-refractivity contribution in [2.75, 3.05) is 0 Å². The van der Waals surface area contributed by atoms with E-state index in [1.807, 2.05) is 6.92 Å². The molecule has 0 atom stereocenters. The SMILES string of the molecule is CCc1cn(-c2ccc(Cl)c(OC(F)F)c2)nn1. The fraction of sp³-hybridized carbons (Fsp3) is 0.273. The van der Waals surface area contributed by atoms with Crippen molar-refractivity contribution in [2.45, 2.75) is 20.0 Å². The van der Waals surface area contributed by atoms with Gasteiger partial charge in [-0.15, -0.1) is 5.10 Å². The number of halogens is 3. The van der Waals surface area contributed by atoms with Crippen molar-refractivity contribution < 1.29 is 13.5 Å². The maximum absolute atomic E-state index is 12.2. The summed E-state index contributed by atoms with van der Waals surface area (Å²) in [6.45, 7) is -0.971. The molecule has 0 bridgehead atoms. The Kier molecular flexibility index (Phi) is 3.76. The smallest absolute Gasteiger partial charge is 0.387 e. The molecule has 0 N–H and O–H groups in total. The molecule has 0 saturated heterocycles. The predicted octanol–water partition coefficient (Wildman–Crippen LogP) is 3.08. The molecule has 0 aliphatic carbocycles. The molecule has 0 aliphatic heterocycles. The summed E-state index contributed by atoms with van der Waals surface area (Å²) in [6.07, 6.45) is 2.46. The van der Waals surface area contributed by atoms with E-state index in [4.69, 9.17) is 11.6 Å². The summed E-state index contributed by atoms with van der Waals surface area (Å²) < 4.78 is 30.1. The van der Waals surface area contributed by atoms with Crippen molar-refractivity contribution in [1.29, 1.82) is 0 Å². The minimum absolute atomic E-state index is 0.0854. The third-order valence-electron chi connectivity index (χ3n) is 2.30. The average Bonchev–Trinajstić information content (AvgIpc) is 2.80. The Bertz CT molecular complexity index is 545. The second kappa shape index (κ2) is 5.30. The van der Waals surface area contributed by atoms with Crippen molar-refractivity contribution in [1.82, 2.24) is 15.0 Å². The standard InChI is InChI=1S/C11H10ClF2N3O/c1-2-7-6-17(16-15-7)8-3-4-9(12)10(5-8)18-11(13)14/h3-6,11H,2H2,1H3. The average molecular weight is 274 g/mol. The van der Waals surface area contributed by atoms with Crippen LogP contribution in [-0.4, -0.2) is 21.6 Å². The molecule has 18 heavy (non-hydrogen) atoms. The highest BCUT2D eigenvalue weighted by atomic mass is 35.5. The molecule has 1 heterocycles. The molecule has 2 rings (SSSR count). The molecular weight excluding hydrogens is 264 g/mol. The van der Waals surface area contributed by atoms with E-state index in [1.165, 1.54) is 16.8 Å². The van der Waals surface area contributed by atoms with Gasteiger partial charge in [-0.3, -0.25) is 0 Å². The Morgan fingerprint density at radius 3 is 2.83 bits per heavy atom. The summed E-state index contributed by atoms with van der Waals surface area (Å²) in [4.78, 5) is 0. The topological polar surface area (TPSA) is 39.9 Å². The van der Waals surface area contributed by atoms with E-state index in [1.54, 1.807) is 12.3 Å². The van der Waals surface area contributed by atoms with Crippen LogP contribution in [0, 0.1) is 0 Å². The normalized spacial score (nSPS) is 10.9. The molecular formula is C11H10ClF2N3O. The number of benzene rings is 1. The van der Waals surface area contributed by atoms with Crippen molar-refractivity contribution >= 4 is 11.6 Å². The number of rotatable bonds is 4. The lowest BCUT2D eigenvalue weighted by atomic mass is 10.3. The third kappa shape index (κ3) is 2.76. The monoisotopic (exact) mass is 273 g/mol. The van der Waals surface area contributed by atoms with Crippen molar-refractivity contribution in [2.24, 2.45) is 0 Å². The Labute approximate surface area is 107 Å². The van der Waals surface area contributed by atoms with Gasteiger partial charge >= 0.3 is 6.61 Å². The van der Waals surface area contributed by atoms with Gasteiger partial charge in [0.15, 0.2) is 0 Å². The first kappa shape index (κ1) is 12.8. The first-order valence-electron chi connectivity index (χ1n) is 5.26. The molecule has 0 unspecified atom stereocenters. The molecule has 7 heteroatoms. The highest BCUT2D eigenvalue weighted by molar-refractivity contribution is 6.32. The highest BCUT2D eigenvalue weighted by Gasteiger charge is 2.11. The van der Waals surface area contributed by atoms with Crippen LogP contribution >= 0.6 is 11.6 Å². The van der Waals surface area contributed by atoms with Gasteiger partial charge < -0.3 is 4.74 Å². The van der Waals surface area contributed by atoms with E-state index in [2.05, 4.69) is 15.0 Å². The van der Waals surface area contributed by atoms with Gasteiger partial charge in [0.25, 0.3) is 0 Å². The molecule has 0 amide bonds. The number of hydrogen-bond donors (Lipinski definition) is 0. The predicted molar refractivity (Wildman–Crippen MR) is 62.4 cm³/mol. The van der Waals surface area contributed by atoms with Gasteiger partial charge in [-0.1, -0.05) is 23.7 Å². The van der Waals surface area contributed by atoms with Crippen LogP contribution in [0.2, 0.25) is 5.02 Å². The van der Waals surface area contributed by atoms with E-state index in [-0.39, 0.29) is 10.8 Å². The molecule has 0 saturated carbocycles. The fourth-order valence-electron chi connectivity index (χ4n) is 1.41. The first-order chi connectivity index (χ1) is 8.60. The summed E-state index contributed by atoms with van der Waals surface area (Å²) in [5, 5.41) is 7.92. The van der Waals surface area contributed by atoms with Crippen LogP contribution in [0.1, 0.15) is 12.6 Å². The largest absolute Gasteiger partial charge is 0.433 e. The van der Waals surface area contributed by atoms with Gasteiger partial charge in [0.2, 0.25) is 0 Å². The molecule has 0 radical (unpaired) electrons. The quantitative estimate of drug-likeness (QED) is 0.859. The summed E-state index contributed by atoms with van der Waals surface area (Å²) in [5.74, 6) is -0.0854. The zero-order valence-corrected chi connectivity index (χ0v) is 10.2. The van der Waals surface area contributed by atoms with Gasteiger partial charge in [0.05, 0.1) is 22.6 Å². The Morgan fingerprint density at radius 2 is 2.22 bits per heavy atom. The first-order valence-corrected chi connectivity index (χ1v) is 5.64. The molecule has 96 valence electrons. The van der Waals surface area contributed by atoms with Gasteiger partial charge in [0, 0.05) is 6.07 Å². The molecule has 4 nitrogen and oxygen atoms in total. The second-order valence-corrected chi connectivity index (χ2v) is 3.91. The lowest BCUT2D eigenvalue weighted by Crippen LogP contribution is -2.03. The van der Waals surface area contributed by atoms with Crippen molar-refractivity contribution in [3.8, 4) is 11.4 Å². The molecule has 2 aromatic rings. The zero-order chi connectivity index (χ0) is 13.1. The number of nitrogens with zero attached hydrogens (tertiary/aromatic N) is 3. The number of alkyl halides is 2. The molecule has 0 spiro atoms. The van der Waals surface area contributed by atoms with E-state index in [0.29, 0.717) is 5.69 Å². The summed E-state index contributed by atoms with van der Waals surface area (Å²) in [7, 11) is 0. The Balaban J connectivity index is 2.33. The highest BCUT2D eigenvalue weighted by Crippen LogP contribution is 2.28. The number of aromatic nitrogens is 3. The fourth-order valence-corrected chi connectivity index (χ4v) is 1.57. The maximum Gasteiger partial charge on any atom is 0.387 e. The number of ether oxygens (including phenoxy) is 1. The summed E-state index contributed by atoms with van der Waals surface area (Å²) >= 11 is 5.76. The van der Waals surface area contributed by atoms with Crippen LogP contribution in [0.25, 0.3) is 5.69 Å². The van der Waals surface area contributed by atoms with Gasteiger partial charge in [0.1, 0.15) is 5.75 Å². The Hall–Kier alpha value is -1.69. The molecule has 0 fully saturated rings. The number of hydrogen-bond acceptors (Lipinski definition) is 3. The summed E-state index contributed by atoms with van der Waals surface area (Å²) in [5.41, 5.74) is 1.36. The lowest BCUT2D eigenvalue weighted by Gasteiger charge is -2.08. The minimum atomic E-state index is -2.92. The van der Waals surface area contributed by atoms with E-state index < -0.39 is 6.61 Å². The van der Waals surface area contributed by atoms with E-state index in [9.17, 15) is 8.78 Å². The zero-order valence-electron chi connectivity index (χ0n) is 9.48. The van der Waals surface area contributed by atoms with Crippen LogP contribution in [0.4, 0.5) is 8.78 Å². The maximum atomic E-state index is 12.2. The second-order valence-electron chi connectivity index (χ2n) is 3.50. The van der Waals surface area contributed by atoms with Gasteiger partial charge in [-0.05, 0) is 18.6 Å². The molecule has 0 aliphatic rings. The van der Waals surface area contributed by atoms with Gasteiger partial charge in [-0.25, -0.2) is 4.68 Å². The van der Waals surface area contributed by atoms with Crippen LogP contribution in [0.15, 0.2) is 24.4 Å². The van der Waals surface area contributed by atoms with Crippen molar-refractivity contribution in [3.05, 3.63) is 35.1 Å². The van der Waals surface area contributed by atoms with Crippen LogP contribution in [0.5, 0.6) is 5.75 Å². The minimum Gasteiger partial charge on any atom is -0.433 e. The van der Waals surface area contributed by atoms with Crippen LogP contribution < -0.4 is 4.74 Å².